The van der Waals surface area contributed by atoms with E-state index in [1.807, 2.05) is 6.07 Å². The predicted molar refractivity (Wildman–Crippen MR) is 63.9 cm³/mol. The van der Waals surface area contributed by atoms with Crippen LogP contribution in [0, 0.1) is 10.1 Å². The molecule has 2 rings (SSSR count). The van der Waals surface area contributed by atoms with E-state index in [2.05, 4.69) is 0 Å². The largest absolute Gasteiger partial charge is 0.388 e. The van der Waals surface area contributed by atoms with E-state index in [0.717, 1.165) is 5.56 Å². The lowest BCUT2D eigenvalue weighted by Crippen LogP contribution is -2.49. The van der Waals surface area contributed by atoms with E-state index in [9.17, 15) is 20.3 Å². The Bertz CT molecular complexity index is 425. The number of hydrogen-bond acceptors (Lipinski definition) is 6. The topological polar surface area (TPSA) is 102 Å². The third-order valence-electron chi connectivity index (χ3n) is 2.87. The normalized spacial score (nSPS) is 28.8. The fourth-order valence-corrected chi connectivity index (χ4v) is 1.94. The second-order valence-electron chi connectivity index (χ2n) is 4.33. The van der Waals surface area contributed by atoms with Gasteiger partial charge in [-0.2, -0.15) is 0 Å². The van der Waals surface area contributed by atoms with Gasteiger partial charge in [-0.3, -0.25) is 10.1 Å². The van der Waals surface area contributed by atoms with Crippen LogP contribution in [0.3, 0.4) is 0 Å². The number of rotatable bonds is 4. The fourth-order valence-electron chi connectivity index (χ4n) is 1.94. The van der Waals surface area contributed by atoms with Gasteiger partial charge in [-0.15, -0.1) is 0 Å². The predicted octanol–water partition coefficient (Wildman–Crippen LogP) is 0.0991. The Hall–Kier alpha value is -1.54. The molecule has 0 bridgehead atoms. The van der Waals surface area contributed by atoms with E-state index in [1.165, 1.54) is 0 Å². The molecule has 1 aromatic carbocycles. The Morgan fingerprint density at radius 2 is 2.11 bits per heavy atom. The SMILES string of the molecule is O=[N+]([O-])C[C@H](O)[C@@H]1O[C@H](c2ccccc2)OC[C@H]1O. The minimum atomic E-state index is -1.37. The minimum absolute atomic E-state index is 0.0427. The summed E-state index contributed by atoms with van der Waals surface area (Å²) in [5, 5.41) is 29.8. The van der Waals surface area contributed by atoms with Gasteiger partial charge < -0.3 is 19.7 Å². The molecule has 7 nitrogen and oxygen atoms in total. The van der Waals surface area contributed by atoms with E-state index in [1.54, 1.807) is 24.3 Å². The van der Waals surface area contributed by atoms with Crippen LogP contribution >= 0.6 is 0 Å². The van der Waals surface area contributed by atoms with Crippen LogP contribution < -0.4 is 0 Å². The molecule has 1 saturated heterocycles. The van der Waals surface area contributed by atoms with Crippen molar-refractivity contribution < 1.29 is 24.6 Å². The third-order valence-corrected chi connectivity index (χ3v) is 2.87. The molecule has 0 radical (unpaired) electrons. The number of aliphatic hydroxyl groups excluding tert-OH is 2. The molecule has 1 fully saturated rings. The summed E-state index contributed by atoms with van der Waals surface area (Å²) in [5.41, 5.74) is 0.729. The van der Waals surface area contributed by atoms with Crippen molar-refractivity contribution in [2.24, 2.45) is 0 Å². The summed E-state index contributed by atoms with van der Waals surface area (Å²) in [6.07, 6.45) is -4.24. The molecular formula is C12H15NO6. The van der Waals surface area contributed by atoms with Crippen LogP contribution in [0.25, 0.3) is 0 Å². The summed E-state index contributed by atoms with van der Waals surface area (Å²) in [6, 6.07) is 8.99. The Kier molecular flexibility index (Phi) is 4.43. The van der Waals surface area contributed by atoms with E-state index in [-0.39, 0.29) is 6.61 Å². The van der Waals surface area contributed by atoms with Crippen LogP contribution in [0.15, 0.2) is 30.3 Å². The number of aliphatic hydroxyl groups is 2. The molecule has 1 aromatic rings. The van der Waals surface area contributed by atoms with E-state index in [0.29, 0.717) is 0 Å². The van der Waals surface area contributed by atoms with Crippen LogP contribution in [-0.2, 0) is 9.47 Å². The number of hydrogen-bond donors (Lipinski definition) is 2. The summed E-state index contributed by atoms with van der Waals surface area (Å²) >= 11 is 0. The van der Waals surface area contributed by atoms with E-state index < -0.39 is 36.1 Å². The van der Waals surface area contributed by atoms with Crippen molar-refractivity contribution in [3.05, 3.63) is 46.0 Å². The summed E-state index contributed by atoms with van der Waals surface area (Å²) < 4.78 is 10.7. The summed E-state index contributed by atoms with van der Waals surface area (Å²) in [6.45, 7) is -0.720. The molecule has 104 valence electrons. The Balaban J connectivity index is 2.05. The highest BCUT2D eigenvalue weighted by atomic mass is 16.7. The second-order valence-corrected chi connectivity index (χ2v) is 4.33. The van der Waals surface area contributed by atoms with Gasteiger partial charge in [0.15, 0.2) is 6.29 Å². The van der Waals surface area contributed by atoms with E-state index >= 15 is 0 Å². The zero-order valence-corrected chi connectivity index (χ0v) is 10.1. The second kappa shape index (κ2) is 6.07. The molecule has 0 aromatic heterocycles. The van der Waals surface area contributed by atoms with Crippen molar-refractivity contribution >= 4 is 0 Å². The van der Waals surface area contributed by atoms with Gasteiger partial charge in [0, 0.05) is 10.5 Å². The highest BCUT2D eigenvalue weighted by Crippen LogP contribution is 2.27. The Morgan fingerprint density at radius 3 is 2.74 bits per heavy atom. The zero-order valence-electron chi connectivity index (χ0n) is 10.1. The van der Waals surface area contributed by atoms with Crippen LogP contribution in [0.2, 0.25) is 0 Å². The van der Waals surface area contributed by atoms with Gasteiger partial charge in [-0.25, -0.2) is 0 Å². The zero-order chi connectivity index (χ0) is 13.8. The standard InChI is InChI=1S/C12H15NO6/c14-9(6-13(16)17)11-10(15)7-18-12(19-11)8-4-2-1-3-5-8/h1-5,9-12,14-15H,6-7H2/t9-,10+,11-,12+/m0/s1. The first-order chi connectivity index (χ1) is 9.08. The lowest BCUT2D eigenvalue weighted by atomic mass is 10.1. The number of nitro groups is 1. The molecule has 0 amide bonds. The highest BCUT2D eigenvalue weighted by molar-refractivity contribution is 5.16. The summed E-state index contributed by atoms with van der Waals surface area (Å²) in [7, 11) is 0. The molecule has 0 spiro atoms. The molecule has 19 heavy (non-hydrogen) atoms. The molecule has 0 unspecified atom stereocenters. The van der Waals surface area contributed by atoms with Crippen molar-refractivity contribution in [2.75, 3.05) is 13.2 Å². The molecule has 2 N–H and O–H groups in total. The van der Waals surface area contributed by atoms with Crippen molar-refractivity contribution in [3.8, 4) is 0 Å². The van der Waals surface area contributed by atoms with Gasteiger partial charge in [0.05, 0.1) is 6.61 Å². The van der Waals surface area contributed by atoms with Crippen LogP contribution in [0.4, 0.5) is 0 Å². The first kappa shape index (κ1) is 13.9. The van der Waals surface area contributed by atoms with Gasteiger partial charge in [0.2, 0.25) is 6.54 Å². The average molecular weight is 269 g/mol. The molecule has 7 heteroatoms. The van der Waals surface area contributed by atoms with Crippen molar-refractivity contribution in [3.63, 3.8) is 0 Å². The minimum Gasteiger partial charge on any atom is -0.388 e. The molecule has 1 aliphatic rings. The van der Waals surface area contributed by atoms with Gasteiger partial charge in [0.25, 0.3) is 0 Å². The maximum atomic E-state index is 10.4. The number of ether oxygens (including phenoxy) is 2. The third kappa shape index (κ3) is 3.48. The Morgan fingerprint density at radius 1 is 1.42 bits per heavy atom. The molecule has 0 saturated carbocycles. The first-order valence-corrected chi connectivity index (χ1v) is 5.88. The maximum Gasteiger partial charge on any atom is 0.232 e. The summed E-state index contributed by atoms with van der Waals surface area (Å²) in [5.74, 6) is 0. The van der Waals surface area contributed by atoms with Crippen molar-refractivity contribution in [2.45, 2.75) is 24.6 Å². The molecular weight excluding hydrogens is 254 g/mol. The van der Waals surface area contributed by atoms with Crippen LogP contribution in [0.1, 0.15) is 11.9 Å². The van der Waals surface area contributed by atoms with Gasteiger partial charge in [0.1, 0.15) is 18.3 Å². The fraction of sp³-hybridized carbons (Fsp3) is 0.500. The number of benzene rings is 1. The van der Waals surface area contributed by atoms with Crippen LogP contribution in [-0.4, -0.2) is 46.6 Å². The smallest absolute Gasteiger partial charge is 0.232 e. The van der Waals surface area contributed by atoms with Gasteiger partial charge in [-0.05, 0) is 0 Å². The quantitative estimate of drug-likeness (QED) is 0.593. The molecule has 4 atom stereocenters. The molecule has 1 aliphatic heterocycles. The van der Waals surface area contributed by atoms with Crippen LogP contribution in [0.5, 0.6) is 0 Å². The maximum absolute atomic E-state index is 10.4. The highest BCUT2D eigenvalue weighted by Gasteiger charge is 2.38. The average Bonchev–Trinajstić information content (AvgIpc) is 2.39. The lowest BCUT2D eigenvalue weighted by Gasteiger charge is -2.35. The van der Waals surface area contributed by atoms with Gasteiger partial charge >= 0.3 is 0 Å². The van der Waals surface area contributed by atoms with Crippen molar-refractivity contribution in [1.82, 2.24) is 0 Å². The summed E-state index contributed by atoms with van der Waals surface area (Å²) in [4.78, 5) is 9.74. The lowest BCUT2D eigenvalue weighted by molar-refractivity contribution is -0.495. The monoisotopic (exact) mass is 269 g/mol. The molecule has 1 heterocycles. The molecule has 0 aliphatic carbocycles. The Labute approximate surface area is 109 Å². The first-order valence-electron chi connectivity index (χ1n) is 5.88. The van der Waals surface area contributed by atoms with Crippen molar-refractivity contribution in [1.29, 1.82) is 0 Å². The van der Waals surface area contributed by atoms with E-state index in [4.69, 9.17) is 9.47 Å². The van der Waals surface area contributed by atoms with Gasteiger partial charge in [-0.1, -0.05) is 30.3 Å². The number of nitrogens with zero attached hydrogens (tertiary/aromatic N) is 1.